The fourth-order valence-electron chi connectivity index (χ4n) is 3.41. The SMILES string of the molecule is Cc1ccc(C)c2c(C(=O)O)c3c(nc12)CCCCCC3. The van der Waals surface area contributed by atoms with Crippen molar-refractivity contribution in [2.24, 2.45) is 0 Å². The molecule has 0 saturated heterocycles. The van der Waals surface area contributed by atoms with E-state index in [1.807, 2.05) is 26.0 Å². The molecule has 1 heterocycles. The second-order valence-corrected chi connectivity index (χ2v) is 6.05. The van der Waals surface area contributed by atoms with Gasteiger partial charge in [-0.2, -0.15) is 0 Å². The molecule has 2 aromatic rings. The van der Waals surface area contributed by atoms with Gasteiger partial charge in [0.25, 0.3) is 0 Å². The first-order chi connectivity index (χ1) is 10.1. The number of aryl methyl sites for hydroxylation is 3. The van der Waals surface area contributed by atoms with Gasteiger partial charge in [0.05, 0.1) is 11.1 Å². The van der Waals surface area contributed by atoms with Gasteiger partial charge in [-0.05, 0) is 56.2 Å². The molecule has 0 unspecified atom stereocenters. The van der Waals surface area contributed by atoms with Crippen molar-refractivity contribution >= 4 is 16.9 Å². The van der Waals surface area contributed by atoms with Gasteiger partial charge in [-0.3, -0.25) is 4.98 Å². The number of benzene rings is 1. The summed E-state index contributed by atoms with van der Waals surface area (Å²) in [5.74, 6) is -0.812. The number of fused-ring (bicyclic) bond motifs is 2. The van der Waals surface area contributed by atoms with Crippen molar-refractivity contribution in [3.05, 3.63) is 40.1 Å². The quantitative estimate of drug-likeness (QED) is 0.853. The van der Waals surface area contributed by atoms with Crippen LogP contribution in [-0.2, 0) is 12.8 Å². The summed E-state index contributed by atoms with van der Waals surface area (Å²) in [5.41, 5.74) is 5.41. The summed E-state index contributed by atoms with van der Waals surface area (Å²) in [7, 11) is 0. The van der Waals surface area contributed by atoms with Gasteiger partial charge in [-0.15, -0.1) is 0 Å². The molecular weight excluding hydrogens is 262 g/mol. The molecule has 0 atom stereocenters. The van der Waals surface area contributed by atoms with Crippen LogP contribution in [0.2, 0.25) is 0 Å². The van der Waals surface area contributed by atoms with E-state index in [-0.39, 0.29) is 0 Å². The molecule has 1 N–H and O–H groups in total. The highest BCUT2D eigenvalue weighted by Gasteiger charge is 2.22. The number of carbonyl (C=O) groups is 1. The van der Waals surface area contributed by atoms with Crippen LogP contribution < -0.4 is 0 Å². The number of pyridine rings is 1. The van der Waals surface area contributed by atoms with E-state index >= 15 is 0 Å². The van der Waals surface area contributed by atoms with E-state index in [1.165, 1.54) is 12.8 Å². The fourth-order valence-corrected chi connectivity index (χ4v) is 3.41. The van der Waals surface area contributed by atoms with Crippen LogP contribution in [0.15, 0.2) is 12.1 Å². The maximum atomic E-state index is 11.9. The van der Waals surface area contributed by atoms with E-state index in [0.717, 1.165) is 59.0 Å². The van der Waals surface area contributed by atoms with Gasteiger partial charge in [0, 0.05) is 11.1 Å². The van der Waals surface area contributed by atoms with Crippen molar-refractivity contribution in [2.45, 2.75) is 52.4 Å². The largest absolute Gasteiger partial charge is 0.478 e. The lowest BCUT2D eigenvalue weighted by Crippen LogP contribution is -2.12. The maximum absolute atomic E-state index is 11.9. The molecule has 3 rings (SSSR count). The van der Waals surface area contributed by atoms with Gasteiger partial charge in [-0.1, -0.05) is 25.0 Å². The van der Waals surface area contributed by atoms with E-state index in [4.69, 9.17) is 4.98 Å². The van der Waals surface area contributed by atoms with Gasteiger partial charge in [0.2, 0.25) is 0 Å². The van der Waals surface area contributed by atoms with Crippen molar-refractivity contribution in [2.75, 3.05) is 0 Å². The second-order valence-electron chi connectivity index (χ2n) is 6.05. The summed E-state index contributed by atoms with van der Waals surface area (Å²) >= 11 is 0. The Hall–Kier alpha value is -1.90. The van der Waals surface area contributed by atoms with Crippen molar-refractivity contribution in [1.82, 2.24) is 4.98 Å². The normalized spacial score (nSPS) is 15.3. The molecule has 0 bridgehead atoms. The summed E-state index contributed by atoms with van der Waals surface area (Å²) in [6.07, 6.45) is 6.31. The number of aromatic carboxylic acids is 1. The smallest absolute Gasteiger partial charge is 0.336 e. The molecule has 0 amide bonds. The van der Waals surface area contributed by atoms with Gasteiger partial charge in [-0.25, -0.2) is 4.79 Å². The number of aromatic nitrogens is 1. The van der Waals surface area contributed by atoms with Gasteiger partial charge >= 0.3 is 5.97 Å². The van der Waals surface area contributed by atoms with Crippen LogP contribution in [0.1, 0.15) is 58.4 Å². The molecule has 1 aliphatic rings. The number of nitrogens with zero attached hydrogens (tertiary/aromatic N) is 1. The minimum atomic E-state index is -0.812. The molecule has 110 valence electrons. The predicted octanol–water partition coefficient (Wildman–Crippen LogP) is 4.21. The zero-order valence-electron chi connectivity index (χ0n) is 12.7. The Bertz CT molecular complexity index is 719. The molecule has 1 aliphatic carbocycles. The molecule has 0 spiro atoms. The third-order valence-electron chi connectivity index (χ3n) is 4.54. The number of hydrogen-bond acceptors (Lipinski definition) is 2. The number of hydrogen-bond donors (Lipinski definition) is 1. The number of rotatable bonds is 1. The minimum Gasteiger partial charge on any atom is -0.478 e. The van der Waals surface area contributed by atoms with Crippen LogP contribution in [-0.4, -0.2) is 16.1 Å². The van der Waals surface area contributed by atoms with Gasteiger partial charge in [0.1, 0.15) is 0 Å². The van der Waals surface area contributed by atoms with E-state index in [0.29, 0.717) is 5.56 Å². The Balaban J connectivity index is 2.40. The van der Waals surface area contributed by atoms with E-state index in [1.54, 1.807) is 0 Å². The lowest BCUT2D eigenvalue weighted by Gasteiger charge is -2.19. The molecule has 0 aliphatic heterocycles. The van der Waals surface area contributed by atoms with E-state index in [2.05, 4.69) is 0 Å². The number of carboxylic acid groups (broad SMARTS) is 1. The lowest BCUT2D eigenvalue weighted by atomic mass is 9.89. The zero-order valence-corrected chi connectivity index (χ0v) is 12.7. The van der Waals surface area contributed by atoms with Crippen LogP contribution in [0.25, 0.3) is 10.9 Å². The van der Waals surface area contributed by atoms with Crippen LogP contribution >= 0.6 is 0 Å². The van der Waals surface area contributed by atoms with Crippen LogP contribution in [0, 0.1) is 13.8 Å². The summed E-state index contributed by atoms with van der Waals surface area (Å²) in [6.45, 7) is 3.99. The highest BCUT2D eigenvalue weighted by Crippen LogP contribution is 2.31. The number of carboxylic acids is 1. The molecular formula is C18H21NO2. The Morgan fingerprint density at radius 1 is 1.05 bits per heavy atom. The summed E-state index contributed by atoms with van der Waals surface area (Å²) < 4.78 is 0. The van der Waals surface area contributed by atoms with Crippen molar-refractivity contribution in [3.8, 4) is 0 Å². The van der Waals surface area contributed by atoms with Crippen molar-refractivity contribution in [1.29, 1.82) is 0 Å². The third-order valence-corrected chi connectivity index (χ3v) is 4.54. The average Bonchev–Trinajstić information content (AvgIpc) is 2.42. The monoisotopic (exact) mass is 283 g/mol. The molecule has 3 heteroatoms. The highest BCUT2D eigenvalue weighted by atomic mass is 16.4. The molecule has 0 fully saturated rings. The van der Waals surface area contributed by atoms with Crippen LogP contribution in [0.5, 0.6) is 0 Å². The molecule has 0 saturated carbocycles. The second kappa shape index (κ2) is 5.47. The van der Waals surface area contributed by atoms with Crippen LogP contribution in [0.3, 0.4) is 0 Å². The van der Waals surface area contributed by atoms with Crippen LogP contribution in [0.4, 0.5) is 0 Å². The predicted molar refractivity (Wildman–Crippen MR) is 84.1 cm³/mol. The molecule has 0 radical (unpaired) electrons. The minimum absolute atomic E-state index is 0.498. The molecule has 1 aromatic heterocycles. The third kappa shape index (κ3) is 2.41. The van der Waals surface area contributed by atoms with E-state index < -0.39 is 5.97 Å². The first kappa shape index (κ1) is 14.1. The molecule has 21 heavy (non-hydrogen) atoms. The standard InChI is InChI=1S/C18H21NO2/c1-11-9-10-12(2)17-15(11)16(18(20)21)13-7-5-3-4-6-8-14(13)19-17/h9-10H,3-8H2,1-2H3,(H,20,21). The molecule has 1 aromatic carbocycles. The van der Waals surface area contributed by atoms with E-state index in [9.17, 15) is 9.90 Å². The lowest BCUT2D eigenvalue weighted by molar-refractivity contribution is 0.0697. The Kier molecular flexibility index (Phi) is 3.66. The topological polar surface area (TPSA) is 50.2 Å². The summed E-state index contributed by atoms with van der Waals surface area (Å²) in [5, 5.41) is 10.6. The first-order valence-corrected chi connectivity index (χ1v) is 7.74. The van der Waals surface area contributed by atoms with Gasteiger partial charge in [0.15, 0.2) is 0 Å². The average molecular weight is 283 g/mol. The Labute approximate surface area is 125 Å². The summed E-state index contributed by atoms with van der Waals surface area (Å²) in [4.78, 5) is 16.8. The fraction of sp³-hybridized carbons (Fsp3) is 0.444. The van der Waals surface area contributed by atoms with Crippen molar-refractivity contribution in [3.63, 3.8) is 0 Å². The van der Waals surface area contributed by atoms with Gasteiger partial charge < -0.3 is 5.11 Å². The highest BCUT2D eigenvalue weighted by molar-refractivity contribution is 6.06. The Morgan fingerprint density at radius 3 is 2.43 bits per heavy atom. The zero-order chi connectivity index (χ0) is 15.0. The maximum Gasteiger partial charge on any atom is 0.336 e. The Morgan fingerprint density at radius 2 is 1.71 bits per heavy atom. The first-order valence-electron chi connectivity index (χ1n) is 7.74. The van der Waals surface area contributed by atoms with Crippen molar-refractivity contribution < 1.29 is 9.90 Å². The summed E-state index contributed by atoms with van der Waals surface area (Å²) in [6, 6.07) is 4.03. The molecule has 3 nitrogen and oxygen atoms in total.